The van der Waals surface area contributed by atoms with Crippen LogP contribution in [0.1, 0.15) is 24.2 Å². The van der Waals surface area contributed by atoms with Crippen molar-refractivity contribution >= 4 is 23.2 Å². The van der Waals surface area contributed by atoms with Gasteiger partial charge in [-0.15, -0.1) is 0 Å². The summed E-state index contributed by atoms with van der Waals surface area (Å²) < 4.78 is 7.64. The van der Waals surface area contributed by atoms with E-state index in [0.717, 1.165) is 29.3 Å². The Hall–Kier alpha value is -3.61. The standard InChI is InChI=1S/C23H24N4O3/c1-17-24-12-13-26(17)16-18-6-8-19(9-7-18)25-22(28)10-11-23(29)27-14-15-30-21-5-3-2-4-20(21)27/h2-9,12-13H,10-11,14-16H2,1H3,(H,25,28). The molecular weight excluding hydrogens is 380 g/mol. The normalized spacial score (nSPS) is 12.8. The first-order valence-corrected chi connectivity index (χ1v) is 9.99. The summed E-state index contributed by atoms with van der Waals surface area (Å²) in [6.07, 6.45) is 4.00. The first-order valence-electron chi connectivity index (χ1n) is 9.99. The van der Waals surface area contributed by atoms with Gasteiger partial charge in [0.1, 0.15) is 18.2 Å². The van der Waals surface area contributed by atoms with Gasteiger partial charge in [-0.3, -0.25) is 9.59 Å². The van der Waals surface area contributed by atoms with Crippen molar-refractivity contribution in [3.05, 3.63) is 72.3 Å². The van der Waals surface area contributed by atoms with Gasteiger partial charge in [-0.25, -0.2) is 4.98 Å². The summed E-state index contributed by atoms with van der Waals surface area (Å²) in [6, 6.07) is 15.2. The van der Waals surface area contributed by atoms with Crippen molar-refractivity contribution in [1.82, 2.24) is 9.55 Å². The number of hydrogen-bond acceptors (Lipinski definition) is 4. The molecule has 0 saturated carbocycles. The molecule has 1 N–H and O–H groups in total. The van der Waals surface area contributed by atoms with Crippen LogP contribution in [0.4, 0.5) is 11.4 Å². The number of benzene rings is 2. The quantitative estimate of drug-likeness (QED) is 0.683. The van der Waals surface area contributed by atoms with E-state index in [9.17, 15) is 9.59 Å². The molecular formula is C23H24N4O3. The number of anilines is 2. The molecule has 2 aromatic carbocycles. The summed E-state index contributed by atoms with van der Waals surface area (Å²) >= 11 is 0. The molecule has 0 bridgehead atoms. The molecule has 7 nitrogen and oxygen atoms in total. The molecule has 0 saturated heterocycles. The maximum absolute atomic E-state index is 12.6. The molecule has 1 aliphatic rings. The highest BCUT2D eigenvalue weighted by Crippen LogP contribution is 2.31. The predicted octanol–water partition coefficient (Wildman–Crippen LogP) is 3.38. The number of carbonyl (C=O) groups excluding carboxylic acids is 2. The number of fused-ring (bicyclic) bond motifs is 1. The van der Waals surface area contributed by atoms with E-state index in [1.807, 2.05) is 61.7 Å². The van der Waals surface area contributed by atoms with Gasteiger partial charge in [0.2, 0.25) is 11.8 Å². The third kappa shape index (κ3) is 4.51. The Kier molecular flexibility index (Phi) is 5.79. The summed E-state index contributed by atoms with van der Waals surface area (Å²) in [6.45, 7) is 3.65. The third-order valence-corrected chi connectivity index (χ3v) is 5.11. The molecule has 1 aromatic heterocycles. The molecule has 0 unspecified atom stereocenters. The van der Waals surface area contributed by atoms with Gasteiger partial charge in [0.05, 0.1) is 12.2 Å². The number of nitrogens with zero attached hydrogens (tertiary/aromatic N) is 3. The maximum Gasteiger partial charge on any atom is 0.227 e. The molecule has 154 valence electrons. The molecule has 30 heavy (non-hydrogen) atoms. The number of carbonyl (C=O) groups is 2. The topological polar surface area (TPSA) is 76.5 Å². The Morgan fingerprint density at radius 3 is 2.67 bits per heavy atom. The molecule has 4 rings (SSSR count). The first kappa shape index (κ1) is 19.7. The highest BCUT2D eigenvalue weighted by molar-refractivity contribution is 5.99. The van der Waals surface area contributed by atoms with Gasteiger partial charge in [0.25, 0.3) is 0 Å². The minimum atomic E-state index is -0.178. The van der Waals surface area contributed by atoms with Crippen molar-refractivity contribution in [2.45, 2.75) is 26.3 Å². The van der Waals surface area contributed by atoms with Crippen LogP contribution in [0, 0.1) is 6.92 Å². The Morgan fingerprint density at radius 2 is 1.90 bits per heavy atom. The van der Waals surface area contributed by atoms with Crippen LogP contribution in [0.25, 0.3) is 0 Å². The molecule has 0 spiro atoms. The molecule has 0 aliphatic carbocycles. The summed E-state index contributed by atoms with van der Waals surface area (Å²) in [7, 11) is 0. The average Bonchev–Trinajstić information content (AvgIpc) is 3.17. The summed E-state index contributed by atoms with van der Waals surface area (Å²) in [5.41, 5.74) is 2.60. The highest BCUT2D eigenvalue weighted by atomic mass is 16.5. The number of hydrogen-bond donors (Lipinski definition) is 1. The van der Waals surface area contributed by atoms with Crippen molar-refractivity contribution < 1.29 is 14.3 Å². The lowest BCUT2D eigenvalue weighted by Crippen LogP contribution is -2.38. The van der Waals surface area contributed by atoms with Crippen LogP contribution in [-0.4, -0.2) is 34.5 Å². The van der Waals surface area contributed by atoms with Crippen molar-refractivity contribution in [3.63, 3.8) is 0 Å². The number of amides is 2. The van der Waals surface area contributed by atoms with E-state index in [4.69, 9.17) is 4.74 Å². The summed E-state index contributed by atoms with van der Waals surface area (Å²) in [5.74, 6) is 1.41. The van der Waals surface area contributed by atoms with Crippen molar-refractivity contribution in [2.75, 3.05) is 23.4 Å². The predicted molar refractivity (Wildman–Crippen MR) is 115 cm³/mol. The van der Waals surface area contributed by atoms with Crippen LogP contribution >= 0.6 is 0 Å². The number of aryl methyl sites for hydroxylation is 1. The second kappa shape index (κ2) is 8.82. The SMILES string of the molecule is Cc1nccn1Cc1ccc(NC(=O)CCC(=O)N2CCOc3ccccc32)cc1. The van der Waals surface area contributed by atoms with E-state index in [1.54, 1.807) is 11.1 Å². The van der Waals surface area contributed by atoms with Crippen molar-refractivity contribution in [1.29, 1.82) is 0 Å². The zero-order valence-electron chi connectivity index (χ0n) is 16.9. The summed E-state index contributed by atoms with van der Waals surface area (Å²) in [4.78, 5) is 30.8. The van der Waals surface area contributed by atoms with E-state index < -0.39 is 0 Å². The molecule has 1 aliphatic heterocycles. The zero-order valence-corrected chi connectivity index (χ0v) is 16.9. The number of aromatic nitrogens is 2. The first-order chi connectivity index (χ1) is 14.6. The molecule has 7 heteroatoms. The Labute approximate surface area is 175 Å². The Bertz CT molecular complexity index is 1040. The molecule has 0 fully saturated rings. The molecule has 2 heterocycles. The summed E-state index contributed by atoms with van der Waals surface area (Å²) in [5, 5.41) is 2.86. The van der Waals surface area contributed by atoms with Gasteiger partial charge in [0.15, 0.2) is 0 Å². The minimum absolute atomic E-state index is 0.0769. The van der Waals surface area contributed by atoms with Gasteiger partial charge in [0, 0.05) is 37.5 Å². The van der Waals surface area contributed by atoms with Crippen LogP contribution in [0.3, 0.4) is 0 Å². The largest absolute Gasteiger partial charge is 0.490 e. The van der Waals surface area contributed by atoms with Gasteiger partial charge >= 0.3 is 0 Å². The lowest BCUT2D eigenvalue weighted by Gasteiger charge is -2.29. The fourth-order valence-corrected chi connectivity index (χ4v) is 3.47. The molecule has 2 amide bonds. The smallest absolute Gasteiger partial charge is 0.227 e. The van der Waals surface area contributed by atoms with Crippen molar-refractivity contribution in [3.8, 4) is 5.75 Å². The fraction of sp³-hybridized carbons (Fsp3) is 0.261. The van der Waals surface area contributed by atoms with Crippen LogP contribution in [0.5, 0.6) is 5.75 Å². The number of nitrogens with one attached hydrogen (secondary N) is 1. The number of rotatable bonds is 6. The second-order valence-corrected chi connectivity index (χ2v) is 7.21. The van der Waals surface area contributed by atoms with E-state index in [2.05, 4.69) is 14.9 Å². The van der Waals surface area contributed by atoms with E-state index in [0.29, 0.717) is 18.9 Å². The lowest BCUT2D eigenvalue weighted by molar-refractivity contribution is -0.122. The lowest BCUT2D eigenvalue weighted by atomic mass is 10.2. The van der Waals surface area contributed by atoms with Crippen LogP contribution < -0.4 is 15.0 Å². The van der Waals surface area contributed by atoms with E-state index >= 15 is 0 Å². The maximum atomic E-state index is 12.6. The minimum Gasteiger partial charge on any atom is -0.490 e. The van der Waals surface area contributed by atoms with Gasteiger partial charge in [-0.05, 0) is 36.8 Å². The van der Waals surface area contributed by atoms with E-state index in [1.165, 1.54) is 0 Å². The number of ether oxygens (including phenoxy) is 1. The number of imidazole rings is 1. The fourth-order valence-electron chi connectivity index (χ4n) is 3.47. The van der Waals surface area contributed by atoms with Gasteiger partial charge < -0.3 is 19.5 Å². The van der Waals surface area contributed by atoms with Crippen LogP contribution in [0.15, 0.2) is 60.9 Å². The third-order valence-electron chi connectivity index (χ3n) is 5.11. The molecule has 3 aromatic rings. The van der Waals surface area contributed by atoms with Gasteiger partial charge in [-0.2, -0.15) is 0 Å². The van der Waals surface area contributed by atoms with Crippen LogP contribution in [0.2, 0.25) is 0 Å². The zero-order chi connectivity index (χ0) is 20.9. The average molecular weight is 404 g/mol. The van der Waals surface area contributed by atoms with Gasteiger partial charge in [-0.1, -0.05) is 24.3 Å². The second-order valence-electron chi connectivity index (χ2n) is 7.21. The monoisotopic (exact) mass is 404 g/mol. The Balaban J connectivity index is 1.29. The van der Waals surface area contributed by atoms with Crippen LogP contribution in [-0.2, 0) is 16.1 Å². The van der Waals surface area contributed by atoms with E-state index in [-0.39, 0.29) is 24.7 Å². The molecule has 0 radical (unpaired) electrons. The number of para-hydroxylation sites is 2. The molecule has 0 atom stereocenters. The Morgan fingerprint density at radius 1 is 1.10 bits per heavy atom. The van der Waals surface area contributed by atoms with Crippen molar-refractivity contribution in [2.24, 2.45) is 0 Å². The highest BCUT2D eigenvalue weighted by Gasteiger charge is 2.23.